The summed E-state index contributed by atoms with van der Waals surface area (Å²) >= 11 is 0.996. The number of nitrogens with zero attached hydrogens (tertiary/aromatic N) is 5. The fourth-order valence-corrected chi connectivity index (χ4v) is 4.20. The van der Waals surface area contributed by atoms with Gasteiger partial charge >= 0.3 is 5.92 Å². The highest BCUT2D eigenvalue weighted by Crippen LogP contribution is 2.42. The molecule has 148 valence electrons. The van der Waals surface area contributed by atoms with E-state index in [1.54, 1.807) is 13.3 Å². The van der Waals surface area contributed by atoms with Crippen LogP contribution in [0.25, 0.3) is 0 Å². The summed E-state index contributed by atoms with van der Waals surface area (Å²) in [7, 11) is 1.56. The molecule has 0 fully saturated rings. The van der Waals surface area contributed by atoms with Gasteiger partial charge in [0.15, 0.2) is 5.84 Å². The van der Waals surface area contributed by atoms with E-state index in [0.29, 0.717) is 11.4 Å². The molecule has 0 saturated carbocycles. The summed E-state index contributed by atoms with van der Waals surface area (Å²) in [5, 5.41) is 19.6. The summed E-state index contributed by atoms with van der Waals surface area (Å²) in [5.41, 5.74) is 7.93. The van der Waals surface area contributed by atoms with E-state index in [4.69, 9.17) is 10.5 Å². The normalized spacial score (nSPS) is 23.0. The Morgan fingerprint density at radius 3 is 2.86 bits per heavy atom. The number of aryl methyl sites for hydroxylation is 1. The monoisotopic (exact) mass is 408 g/mol. The molecular weight excluding hydrogens is 390 g/mol. The van der Waals surface area contributed by atoms with Crippen molar-refractivity contribution in [1.29, 1.82) is 0 Å². The van der Waals surface area contributed by atoms with Gasteiger partial charge in [-0.1, -0.05) is 0 Å². The number of hydrazone groups is 2. The lowest BCUT2D eigenvalue weighted by Crippen LogP contribution is -2.42. The molecule has 1 aromatic rings. The Labute approximate surface area is 164 Å². The molecule has 0 amide bonds. The third-order valence-corrected chi connectivity index (χ3v) is 5.65. The number of nitrogens with two attached hydrogens (primary N) is 1. The quantitative estimate of drug-likeness (QED) is 0.735. The van der Waals surface area contributed by atoms with Gasteiger partial charge in [0.05, 0.1) is 12.8 Å². The van der Waals surface area contributed by atoms with Gasteiger partial charge in [-0.2, -0.15) is 28.5 Å². The Hall–Kier alpha value is -2.53. The van der Waals surface area contributed by atoms with Crippen LogP contribution in [0.2, 0.25) is 0 Å². The average molecular weight is 408 g/mol. The zero-order valence-electron chi connectivity index (χ0n) is 15.4. The molecule has 0 bridgehead atoms. The van der Waals surface area contributed by atoms with Crippen LogP contribution in [0.3, 0.4) is 0 Å². The second kappa shape index (κ2) is 6.52. The number of alkyl halides is 2. The lowest BCUT2D eigenvalue weighted by atomic mass is 10.0. The van der Waals surface area contributed by atoms with E-state index >= 15 is 0 Å². The first-order chi connectivity index (χ1) is 13.3. The minimum atomic E-state index is -3.53. The van der Waals surface area contributed by atoms with E-state index in [2.05, 4.69) is 19.6 Å². The Bertz CT molecular complexity index is 988. The molecule has 8 nitrogen and oxygen atoms in total. The maximum Gasteiger partial charge on any atom is 0.321 e. The van der Waals surface area contributed by atoms with E-state index in [1.165, 1.54) is 0 Å². The third-order valence-electron chi connectivity index (χ3n) is 4.88. The summed E-state index contributed by atoms with van der Waals surface area (Å²) in [6, 6.07) is 0. The number of ether oxygens (including phenoxy) is 1. The lowest BCUT2D eigenvalue weighted by molar-refractivity contribution is -0.0280. The van der Waals surface area contributed by atoms with Crippen molar-refractivity contribution < 1.29 is 18.6 Å². The minimum Gasteiger partial charge on any atom is -0.496 e. The van der Waals surface area contributed by atoms with Crippen LogP contribution in [-0.4, -0.2) is 57.4 Å². The van der Waals surface area contributed by atoms with Gasteiger partial charge in [0.25, 0.3) is 0 Å². The highest BCUT2D eigenvalue weighted by Gasteiger charge is 2.57. The van der Waals surface area contributed by atoms with Crippen molar-refractivity contribution in [1.82, 2.24) is 10.1 Å². The molecule has 1 unspecified atom stereocenters. The Kier molecular flexibility index (Phi) is 4.38. The van der Waals surface area contributed by atoms with Crippen molar-refractivity contribution in [3.8, 4) is 5.75 Å². The number of halogens is 2. The smallest absolute Gasteiger partial charge is 0.321 e. The van der Waals surface area contributed by atoms with Gasteiger partial charge in [-0.25, -0.2) is 0 Å². The van der Waals surface area contributed by atoms with Crippen molar-refractivity contribution in [2.24, 2.45) is 20.3 Å². The number of rotatable bonds is 3. The molecule has 2 aliphatic heterocycles. The molecule has 1 aliphatic carbocycles. The van der Waals surface area contributed by atoms with Crippen LogP contribution in [0.15, 0.2) is 31.9 Å². The van der Waals surface area contributed by atoms with E-state index in [9.17, 15) is 13.9 Å². The van der Waals surface area contributed by atoms with E-state index in [-0.39, 0.29) is 35.0 Å². The molecule has 0 saturated heterocycles. The zero-order valence-corrected chi connectivity index (χ0v) is 16.2. The Morgan fingerprint density at radius 1 is 1.39 bits per heavy atom. The summed E-state index contributed by atoms with van der Waals surface area (Å²) < 4.78 is 38.9. The number of hydrogen-bond acceptors (Lipinski definition) is 9. The topological polar surface area (TPSA) is 109 Å². The van der Waals surface area contributed by atoms with Crippen molar-refractivity contribution in [3.63, 3.8) is 0 Å². The van der Waals surface area contributed by atoms with Crippen molar-refractivity contribution >= 4 is 29.2 Å². The molecule has 4 rings (SSSR count). The molecule has 28 heavy (non-hydrogen) atoms. The first-order valence-corrected chi connectivity index (χ1v) is 9.39. The van der Waals surface area contributed by atoms with Gasteiger partial charge in [0, 0.05) is 28.6 Å². The van der Waals surface area contributed by atoms with Crippen LogP contribution in [0.5, 0.6) is 5.75 Å². The van der Waals surface area contributed by atoms with Gasteiger partial charge in [-0.05, 0) is 31.4 Å². The summed E-state index contributed by atoms with van der Waals surface area (Å²) in [4.78, 5) is 4.36. The lowest BCUT2D eigenvalue weighted by Gasteiger charge is -2.25. The highest BCUT2D eigenvalue weighted by atomic mass is 32.2. The van der Waals surface area contributed by atoms with Crippen LogP contribution in [0, 0.1) is 13.8 Å². The predicted molar refractivity (Wildman–Crippen MR) is 103 cm³/mol. The SMILES string of the molecule is COc1c(C)cnc(CN2N=C3C(N)=NSCC4=C3C(=N2)C(F)(F)C4O)c1C. The zero-order chi connectivity index (χ0) is 20.2. The van der Waals surface area contributed by atoms with E-state index in [1.807, 2.05) is 13.8 Å². The molecule has 11 heteroatoms. The van der Waals surface area contributed by atoms with Crippen LogP contribution < -0.4 is 10.5 Å². The predicted octanol–water partition coefficient (Wildman–Crippen LogP) is 1.56. The largest absolute Gasteiger partial charge is 0.496 e. The molecule has 1 atom stereocenters. The van der Waals surface area contributed by atoms with E-state index < -0.39 is 17.7 Å². The van der Waals surface area contributed by atoms with Crippen molar-refractivity contribution in [3.05, 3.63) is 34.2 Å². The Morgan fingerprint density at radius 2 is 2.14 bits per heavy atom. The summed E-state index contributed by atoms with van der Waals surface area (Å²) in [6.07, 6.45) is -0.333. The molecule has 3 N–H and O–H groups in total. The third kappa shape index (κ3) is 2.68. The van der Waals surface area contributed by atoms with Crippen LogP contribution >= 0.6 is 11.9 Å². The number of hydrogen-bond donors (Lipinski definition) is 2. The fraction of sp³-hybridized carbons (Fsp3) is 0.412. The number of aliphatic hydroxyl groups is 1. The van der Waals surface area contributed by atoms with Gasteiger partial charge in [0.1, 0.15) is 29.8 Å². The number of amidine groups is 1. The van der Waals surface area contributed by atoms with E-state index in [0.717, 1.165) is 28.2 Å². The maximum atomic E-state index is 14.7. The molecule has 0 spiro atoms. The maximum absolute atomic E-state index is 14.7. The number of pyridine rings is 1. The minimum absolute atomic E-state index is 0.0171. The fourth-order valence-electron chi connectivity index (χ4n) is 3.47. The molecule has 0 radical (unpaired) electrons. The van der Waals surface area contributed by atoms with Crippen molar-refractivity contribution in [2.75, 3.05) is 12.9 Å². The number of methoxy groups -OCH3 is 1. The van der Waals surface area contributed by atoms with Crippen LogP contribution in [-0.2, 0) is 6.54 Å². The standard InChI is InChI=1S/C17H18F2N6O2S/c1-7-4-21-10(8(2)13(7)27-3)5-25-22-12-11-9(6-28-24-16(12)20)15(26)17(18,19)14(11)23-25/h4,15,26H,5-6H2,1-3H3,(H2,20,24). The van der Waals surface area contributed by atoms with Crippen molar-refractivity contribution in [2.45, 2.75) is 32.4 Å². The molecule has 3 heterocycles. The van der Waals surface area contributed by atoms with Gasteiger partial charge < -0.3 is 15.6 Å². The average Bonchev–Trinajstić information content (AvgIpc) is 2.76. The molecule has 3 aliphatic rings. The number of aliphatic hydroxyl groups excluding tert-OH is 1. The first-order valence-electron chi connectivity index (χ1n) is 8.45. The second-order valence-electron chi connectivity index (χ2n) is 6.65. The Balaban J connectivity index is 1.79. The second-order valence-corrected chi connectivity index (χ2v) is 7.38. The molecule has 1 aromatic heterocycles. The molecular formula is C17H18F2N6O2S. The summed E-state index contributed by atoms with van der Waals surface area (Å²) in [5.74, 6) is -2.75. The number of aromatic nitrogens is 1. The highest BCUT2D eigenvalue weighted by molar-refractivity contribution is 7.98. The van der Waals surface area contributed by atoms with Crippen LogP contribution in [0.1, 0.15) is 16.8 Å². The molecule has 0 aromatic carbocycles. The van der Waals surface area contributed by atoms with Gasteiger partial charge in [-0.3, -0.25) is 4.98 Å². The first kappa shape index (κ1) is 18.8. The summed E-state index contributed by atoms with van der Waals surface area (Å²) in [6.45, 7) is 3.72. The van der Waals surface area contributed by atoms with Crippen LogP contribution in [0.4, 0.5) is 8.78 Å². The van der Waals surface area contributed by atoms with Gasteiger partial charge in [0.2, 0.25) is 0 Å². The van der Waals surface area contributed by atoms with Gasteiger partial charge in [-0.15, -0.1) is 0 Å².